The van der Waals surface area contributed by atoms with E-state index in [9.17, 15) is 39.0 Å². The van der Waals surface area contributed by atoms with Crippen LogP contribution in [0.3, 0.4) is 0 Å². The average Bonchev–Trinajstić information content (AvgIpc) is 3.75. The molecule has 0 heterocycles. The smallest absolute Gasteiger partial charge is 0.306 e. The van der Waals surface area contributed by atoms with Gasteiger partial charge in [0.2, 0.25) is 5.78 Å². The molecule has 0 bridgehead atoms. The van der Waals surface area contributed by atoms with Crippen molar-refractivity contribution in [1.29, 1.82) is 0 Å². The predicted molar refractivity (Wildman–Crippen MR) is 313 cm³/mol. The third-order valence-electron chi connectivity index (χ3n) is 17.9. The SMILES string of the molecule is CCCCC/C=C\C/C=C\CCCCCCCC(=O)OCCC(CCOC(=O)CCCCCC/C=C\C/C=C\CCCCCC)OC(=O)CCC(=O)OCC(=O)[C@@]1(O)[C@H](C)C[C@H]2[C@@H]3CCC4=CC(=O)C=C[C@]4(C)[C@@]3(F)[C@@H](O)C[C@@]21C. The summed E-state index contributed by atoms with van der Waals surface area (Å²) >= 11 is 0. The van der Waals surface area contributed by atoms with Crippen LogP contribution in [0.5, 0.6) is 0 Å². The van der Waals surface area contributed by atoms with E-state index in [-0.39, 0.29) is 69.5 Å². The summed E-state index contributed by atoms with van der Waals surface area (Å²) in [6.45, 7) is 8.77. The fraction of sp³-hybridized carbons (Fsp3) is 0.731. The highest BCUT2D eigenvalue weighted by Crippen LogP contribution is 2.70. The lowest BCUT2D eigenvalue weighted by molar-refractivity contribution is -0.220. The van der Waals surface area contributed by atoms with E-state index in [4.69, 9.17) is 18.9 Å². The Kier molecular flexibility index (Phi) is 30.7. The molecule has 13 heteroatoms. The molecule has 0 amide bonds. The van der Waals surface area contributed by atoms with Gasteiger partial charge in [0.05, 0.1) is 32.2 Å². The molecule has 9 atom stereocenters. The fourth-order valence-corrected chi connectivity index (χ4v) is 13.1. The van der Waals surface area contributed by atoms with E-state index in [1.165, 1.54) is 57.1 Å². The topological polar surface area (TPSA) is 180 Å². The first-order valence-electron chi connectivity index (χ1n) is 31.3. The van der Waals surface area contributed by atoms with E-state index in [1.807, 2.05) is 0 Å². The maximum atomic E-state index is 17.6. The maximum Gasteiger partial charge on any atom is 0.306 e. The Bertz CT molecular complexity index is 2120. The van der Waals surface area contributed by atoms with Crippen LogP contribution in [0.25, 0.3) is 0 Å². The van der Waals surface area contributed by atoms with Crippen LogP contribution in [0.2, 0.25) is 0 Å². The summed E-state index contributed by atoms with van der Waals surface area (Å²) in [6, 6.07) is 0. The summed E-state index contributed by atoms with van der Waals surface area (Å²) in [7, 11) is 0. The molecule has 0 aliphatic heterocycles. The lowest BCUT2D eigenvalue weighted by Crippen LogP contribution is -2.69. The van der Waals surface area contributed by atoms with Crippen LogP contribution in [0.1, 0.15) is 240 Å². The molecule has 0 aromatic carbocycles. The number of aliphatic hydroxyl groups excluding tert-OH is 1. The van der Waals surface area contributed by atoms with Crippen LogP contribution in [0.4, 0.5) is 4.39 Å². The maximum absolute atomic E-state index is 17.6. The molecule has 4 rings (SSSR count). The zero-order valence-electron chi connectivity index (χ0n) is 49.8. The molecule has 12 nitrogen and oxygen atoms in total. The number of halogens is 1. The summed E-state index contributed by atoms with van der Waals surface area (Å²) in [5.41, 5.74) is -6.01. The van der Waals surface area contributed by atoms with Gasteiger partial charge in [0, 0.05) is 42.4 Å². The molecule has 3 saturated carbocycles. The molecule has 2 N–H and O–H groups in total. The second-order valence-corrected chi connectivity index (χ2v) is 23.8. The number of hydrogen-bond acceptors (Lipinski definition) is 12. The number of rotatable bonds is 41. The Labute approximate surface area is 480 Å². The molecule has 1 unspecified atom stereocenters. The number of esters is 4. The minimum absolute atomic E-state index is 0.0131. The van der Waals surface area contributed by atoms with E-state index in [0.717, 1.165) is 83.5 Å². The molecule has 0 aromatic heterocycles. The minimum Gasteiger partial charge on any atom is -0.466 e. The third-order valence-corrected chi connectivity index (χ3v) is 17.9. The first-order chi connectivity index (χ1) is 38.5. The van der Waals surface area contributed by atoms with Gasteiger partial charge in [-0.15, -0.1) is 0 Å². The average molecular weight is 1120 g/mol. The van der Waals surface area contributed by atoms with Gasteiger partial charge < -0.3 is 29.2 Å². The number of allylic oxidation sites excluding steroid dienone is 12. The number of hydrogen-bond donors (Lipinski definition) is 2. The van der Waals surface area contributed by atoms with Gasteiger partial charge in [-0.1, -0.05) is 152 Å². The summed E-state index contributed by atoms with van der Waals surface area (Å²) in [5, 5.41) is 24.0. The van der Waals surface area contributed by atoms with Crippen LogP contribution >= 0.6 is 0 Å². The van der Waals surface area contributed by atoms with Crippen molar-refractivity contribution in [1.82, 2.24) is 0 Å². The number of Topliss-reactive ketones (excluding diaryl/α,β-unsaturated/α-hetero) is 1. The van der Waals surface area contributed by atoms with E-state index < -0.39 is 82.8 Å². The summed E-state index contributed by atoms with van der Waals surface area (Å²) in [6.07, 6.45) is 44.6. The zero-order valence-corrected chi connectivity index (χ0v) is 49.8. The van der Waals surface area contributed by atoms with Crippen molar-refractivity contribution in [2.24, 2.45) is 28.6 Å². The van der Waals surface area contributed by atoms with Gasteiger partial charge in [-0.25, -0.2) is 4.39 Å². The van der Waals surface area contributed by atoms with Crippen LogP contribution in [-0.2, 0) is 47.7 Å². The van der Waals surface area contributed by atoms with Crippen molar-refractivity contribution >= 4 is 35.4 Å². The summed E-state index contributed by atoms with van der Waals surface area (Å²) in [4.78, 5) is 77.8. The fourth-order valence-electron chi connectivity index (χ4n) is 13.1. The number of ether oxygens (including phenoxy) is 4. The second-order valence-electron chi connectivity index (χ2n) is 23.8. The molecule has 4 aliphatic rings. The van der Waals surface area contributed by atoms with Crippen molar-refractivity contribution in [2.45, 2.75) is 264 Å². The van der Waals surface area contributed by atoms with Crippen molar-refractivity contribution in [3.05, 3.63) is 72.4 Å². The Morgan fingerprint density at radius 2 is 1.12 bits per heavy atom. The van der Waals surface area contributed by atoms with Gasteiger partial charge in [-0.2, -0.15) is 0 Å². The Morgan fingerprint density at radius 3 is 1.68 bits per heavy atom. The molecular formula is C67H103FO12. The van der Waals surface area contributed by atoms with Gasteiger partial charge in [0.1, 0.15) is 11.7 Å². The first kappa shape index (κ1) is 68.0. The third kappa shape index (κ3) is 20.4. The largest absolute Gasteiger partial charge is 0.466 e. The highest BCUT2D eigenvalue weighted by Gasteiger charge is 2.75. The van der Waals surface area contributed by atoms with Crippen LogP contribution in [0.15, 0.2) is 72.4 Å². The molecule has 0 aromatic rings. The first-order valence-corrected chi connectivity index (χ1v) is 31.3. The van der Waals surface area contributed by atoms with Gasteiger partial charge in [-0.3, -0.25) is 28.8 Å². The number of carbonyl (C=O) groups is 6. The minimum atomic E-state index is -2.13. The van der Waals surface area contributed by atoms with Gasteiger partial charge >= 0.3 is 23.9 Å². The van der Waals surface area contributed by atoms with Gasteiger partial charge in [0.25, 0.3) is 0 Å². The number of fused-ring (bicyclic) bond motifs is 5. The quantitative estimate of drug-likeness (QED) is 0.0256. The van der Waals surface area contributed by atoms with Gasteiger partial charge in [-0.05, 0) is 134 Å². The molecule has 4 aliphatic carbocycles. The second kappa shape index (κ2) is 36.2. The Balaban J connectivity index is 1.20. The standard InChI is InChI=1S/C67H103FO12/c1-6-8-10-12-14-16-18-20-22-24-26-28-30-32-34-36-60(72)77-46-43-55(44-47-78-61(73)37-35-33-31-29-27-25-23-21-19-17-15-13-11-9-7-2)80-63(75)41-40-62(74)79-51-59(71)67(76)52(3)48-57-56-39-38-53-49-54(69)42-45-64(53,4)66(56,68)58(70)50-65(57,67)5/h14,16-17,19-20,22-23,25,42,45,49,52,55-58,70,76H,6-13,15,18,21,24,26-41,43-44,46-48,50-51H2,1-5H3/b16-14-,19-17-,22-20-,25-23-/t52-,55?,56+,57+,58+,64+,65+,66+,67+/m1/s1. The van der Waals surface area contributed by atoms with Crippen molar-refractivity contribution < 1.29 is 62.3 Å². The molecule has 80 heavy (non-hydrogen) atoms. The highest BCUT2D eigenvalue weighted by atomic mass is 19.1. The number of aliphatic hydroxyl groups is 2. The number of ketones is 2. The molecule has 3 fully saturated rings. The molecule has 0 saturated heterocycles. The zero-order chi connectivity index (χ0) is 58.3. The predicted octanol–water partition coefficient (Wildman–Crippen LogP) is 14.6. The van der Waals surface area contributed by atoms with Gasteiger partial charge in [0.15, 0.2) is 18.1 Å². The number of alkyl halides is 1. The van der Waals surface area contributed by atoms with E-state index in [2.05, 4.69) is 62.5 Å². The molecule has 0 spiro atoms. The van der Waals surface area contributed by atoms with E-state index in [0.29, 0.717) is 37.7 Å². The Hall–Kier alpha value is -4.49. The molecule has 0 radical (unpaired) electrons. The lowest BCUT2D eigenvalue weighted by atomic mass is 9.44. The van der Waals surface area contributed by atoms with Crippen molar-refractivity contribution in [3.8, 4) is 0 Å². The molecular weight excluding hydrogens is 1020 g/mol. The Morgan fingerprint density at radius 1 is 0.650 bits per heavy atom. The van der Waals surface area contributed by atoms with E-state index in [1.54, 1.807) is 26.8 Å². The lowest BCUT2D eigenvalue weighted by Gasteiger charge is -2.62. The van der Waals surface area contributed by atoms with E-state index >= 15 is 4.39 Å². The van der Waals surface area contributed by atoms with Crippen molar-refractivity contribution in [3.63, 3.8) is 0 Å². The number of carbonyl (C=O) groups excluding carboxylic acids is 6. The normalized spacial score (nSPS) is 26.6. The van der Waals surface area contributed by atoms with Crippen LogP contribution < -0.4 is 0 Å². The number of unbranched alkanes of at least 4 members (excludes halogenated alkanes) is 16. The van der Waals surface area contributed by atoms with Crippen LogP contribution in [0, 0.1) is 28.6 Å². The highest BCUT2D eigenvalue weighted by molar-refractivity contribution is 6.01. The summed E-state index contributed by atoms with van der Waals surface area (Å²) < 4.78 is 39.8. The van der Waals surface area contributed by atoms with Crippen molar-refractivity contribution in [2.75, 3.05) is 19.8 Å². The molecule has 450 valence electrons. The van der Waals surface area contributed by atoms with Crippen LogP contribution in [-0.4, -0.2) is 89.0 Å². The summed E-state index contributed by atoms with van der Waals surface area (Å²) in [5.74, 6) is -5.10. The monoisotopic (exact) mass is 1120 g/mol.